The first-order valence-electron chi connectivity index (χ1n) is 9.32. The second kappa shape index (κ2) is 9.40. The standard InChI is InChI=1S/C20H17F3N4O5S/c1-10-15-18(33-16(10)17(30)24-7-14(29)32-2)25-9-27(19(15)31)8-13(28)26-12-5-3-4-11(6-12)20(21,22)23/h3-6,9H,7-8H2,1-2H3,(H,24,30)(H,26,28). The number of carbonyl (C=O) groups is 3. The third-order valence-electron chi connectivity index (χ3n) is 4.53. The molecular weight excluding hydrogens is 465 g/mol. The largest absolute Gasteiger partial charge is 0.468 e. The van der Waals surface area contributed by atoms with Crippen molar-refractivity contribution in [2.45, 2.75) is 19.6 Å². The topological polar surface area (TPSA) is 119 Å². The predicted octanol–water partition coefficient (Wildman–Crippen LogP) is 2.33. The highest BCUT2D eigenvalue weighted by Crippen LogP contribution is 2.30. The van der Waals surface area contributed by atoms with Crippen molar-refractivity contribution in [3.63, 3.8) is 0 Å². The van der Waals surface area contributed by atoms with Gasteiger partial charge < -0.3 is 15.4 Å². The highest BCUT2D eigenvalue weighted by Gasteiger charge is 2.30. The molecule has 0 aliphatic heterocycles. The Morgan fingerprint density at radius 2 is 1.97 bits per heavy atom. The number of aryl methyl sites for hydroxylation is 1. The van der Waals surface area contributed by atoms with Gasteiger partial charge in [-0.3, -0.25) is 23.7 Å². The number of halogens is 3. The van der Waals surface area contributed by atoms with Crippen LogP contribution < -0.4 is 16.2 Å². The summed E-state index contributed by atoms with van der Waals surface area (Å²) >= 11 is 0.944. The zero-order valence-corrected chi connectivity index (χ0v) is 18.1. The summed E-state index contributed by atoms with van der Waals surface area (Å²) < 4.78 is 44.0. The van der Waals surface area contributed by atoms with Gasteiger partial charge in [-0.1, -0.05) is 6.07 Å². The minimum absolute atomic E-state index is 0.0758. The molecule has 0 spiro atoms. The zero-order chi connectivity index (χ0) is 24.3. The molecule has 0 radical (unpaired) electrons. The Hall–Kier alpha value is -3.74. The number of methoxy groups -OCH3 is 1. The summed E-state index contributed by atoms with van der Waals surface area (Å²) in [6.07, 6.45) is -3.45. The van der Waals surface area contributed by atoms with E-state index in [0.717, 1.165) is 40.4 Å². The number of rotatable bonds is 6. The number of thiophene rings is 1. The molecule has 2 amide bonds. The molecule has 2 N–H and O–H groups in total. The van der Waals surface area contributed by atoms with E-state index < -0.39 is 41.6 Å². The molecule has 13 heteroatoms. The summed E-state index contributed by atoms with van der Waals surface area (Å²) in [7, 11) is 1.18. The molecule has 0 aliphatic rings. The first-order valence-corrected chi connectivity index (χ1v) is 10.1. The number of ether oxygens (including phenoxy) is 1. The fourth-order valence-corrected chi connectivity index (χ4v) is 3.98. The molecule has 174 valence electrons. The SMILES string of the molecule is COC(=O)CNC(=O)c1sc2ncn(CC(=O)Nc3cccc(C(F)(F)F)c3)c(=O)c2c1C. The Morgan fingerprint density at radius 3 is 2.64 bits per heavy atom. The Labute approximate surface area is 188 Å². The van der Waals surface area contributed by atoms with Gasteiger partial charge in [0.25, 0.3) is 11.5 Å². The minimum Gasteiger partial charge on any atom is -0.468 e. The highest BCUT2D eigenvalue weighted by atomic mass is 32.1. The summed E-state index contributed by atoms with van der Waals surface area (Å²) in [5.74, 6) is -1.97. The molecule has 1 aromatic carbocycles. The van der Waals surface area contributed by atoms with Crippen molar-refractivity contribution in [2.75, 3.05) is 19.0 Å². The van der Waals surface area contributed by atoms with Crippen LogP contribution in [0.15, 0.2) is 35.4 Å². The fourth-order valence-electron chi connectivity index (χ4n) is 2.92. The average molecular weight is 482 g/mol. The van der Waals surface area contributed by atoms with E-state index in [2.05, 4.69) is 20.4 Å². The predicted molar refractivity (Wildman–Crippen MR) is 113 cm³/mol. The lowest BCUT2D eigenvalue weighted by Crippen LogP contribution is -2.30. The second-order valence-corrected chi connectivity index (χ2v) is 7.80. The Morgan fingerprint density at radius 1 is 1.24 bits per heavy atom. The second-order valence-electron chi connectivity index (χ2n) is 6.80. The van der Waals surface area contributed by atoms with Crippen LogP contribution in [0.1, 0.15) is 20.8 Å². The monoisotopic (exact) mass is 482 g/mol. The molecule has 33 heavy (non-hydrogen) atoms. The van der Waals surface area contributed by atoms with E-state index in [9.17, 15) is 32.3 Å². The third-order valence-corrected chi connectivity index (χ3v) is 5.73. The first-order chi connectivity index (χ1) is 15.5. The molecule has 2 heterocycles. The molecule has 2 aromatic heterocycles. The van der Waals surface area contributed by atoms with Crippen LogP contribution in [0.3, 0.4) is 0 Å². The van der Waals surface area contributed by atoms with E-state index in [4.69, 9.17) is 0 Å². The van der Waals surface area contributed by atoms with Crippen LogP contribution in [-0.4, -0.2) is 41.0 Å². The van der Waals surface area contributed by atoms with Crippen LogP contribution in [0.2, 0.25) is 0 Å². The van der Waals surface area contributed by atoms with Crippen molar-refractivity contribution < 1.29 is 32.3 Å². The Bertz CT molecular complexity index is 1300. The maximum Gasteiger partial charge on any atom is 0.416 e. The highest BCUT2D eigenvalue weighted by molar-refractivity contribution is 7.20. The van der Waals surface area contributed by atoms with Crippen LogP contribution in [0, 0.1) is 6.92 Å². The van der Waals surface area contributed by atoms with E-state index >= 15 is 0 Å². The van der Waals surface area contributed by atoms with Crippen LogP contribution >= 0.6 is 11.3 Å². The molecule has 3 rings (SSSR count). The quantitative estimate of drug-likeness (QED) is 0.521. The molecule has 9 nitrogen and oxygen atoms in total. The van der Waals surface area contributed by atoms with Crippen LogP contribution in [-0.2, 0) is 27.0 Å². The summed E-state index contributed by atoms with van der Waals surface area (Å²) in [5, 5.41) is 4.82. The smallest absolute Gasteiger partial charge is 0.416 e. The van der Waals surface area contributed by atoms with Crippen molar-refractivity contribution in [1.82, 2.24) is 14.9 Å². The lowest BCUT2D eigenvalue weighted by Gasteiger charge is -2.10. The van der Waals surface area contributed by atoms with Crippen molar-refractivity contribution in [1.29, 1.82) is 0 Å². The molecule has 0 atom stereocenters. The van der Waals surface area contributed by atoms with Gasteiger partial charge in [-0.15, -0.1) is 11.3 Å². The number of hydrogen-bond donors (Lipinski definition) is 2. The number of alkyl halides is 3. The number of nitrogens with one attached hydrogen (secondary N) is 2. The number of hydrogen-bond acceptors (Lipinski definition) is 7. The molecule has 3 aromatic rings. The number of aromatic nitrogens is 2. The summed E-state index contributed by atoms with van der Waals surface area (Å²) in [5.41, 5.74) is -1.27. The number of benzene rings is 1. The third kappa shape index (κ3) is 5.37. The summed E-state index contributed by atoms with van der Waals surface area (Å²) in [6.45, 7) is 0.676. The molecular formula is C20H17F3N4O5S. The lowest BCUT2D eigenvalue weighted by molar-refractivity contribution is -0.139. The van der Waals surface area contributed by atoms with Crippen molar-refractivity contribution in [3.05, 3.63) is 57.0 Å². The normalized spacial score (nSPS) is 11.3. The minimum atomic E-state index is -4.57. The van der Waals surface area contributed by atoms with Crippen LogP contribution in [0.5, 0.6) is 0 Å². The van der Waals surface area contributed by atoms with Gasteiger partial charge in [0.05, 0.1) is 29.3 Å². The van der Waals surface area contributed by atoms with Gasteiger partial charge in [0.15, 0.2) is 0 Å². The van der Waals surface area contributed by atoms with Gasteiger partial charge in [0.1, 0.15) is 17.9 Å². The van der Waals surface area contributed by atoms with Gasteiger partial charge >= 0.3 is 12.1 Å². The van der Waals surface area contributed by atoms with Crippen LogP contribution in [0.25, 0.3) is 10.2 Å². The molecule has 0 saturated carbocycles. The molecule has 0 saturated heterocycles. The van der Waals surface area contributed by atoms with E-state index in [0.29, 0.717) is 5.56 Å². The zero-order valence-electron chi connectivity index (χ0n) is 17.3. The first kappa shape index (κ1) is 23.9. The van der Waals surface area contributed by atoms with E-state index in [1.165, 1.54) is 20.1 Å². The maximum absolute atomic E-state index is 12.9. The van der Waals surface area contributed by atoms with E-state index in [1.54, 1.807) is 0 Å². The number of fused-ring (bicyclic) bond motifs is 1. The van der Waals surface area contributed by atoms with E-state index in [1.807, 2.05) is 0 Å². The number of nitrogens with zero attached hydrogens (tertiary/aromatic N) is 2. The molecule has 0 unspecified atom stereocenters. The Kier molecular flexibility index (Phi) is 6.81. The van der Waals surface area contributed by atoms with Gasteiger partial charge in [-0.25, -0.2) is 4.98 Å². The van der Waals surface area contributed by atoms with Gasteiger partial charge in [0, 0.05) is 5.69 Å². The number of anilines is 1. The molecule has 0 aliphatic carbocycles. The number of carbonyl (C=O) groups excluding carboxylic acids is 3. The number of esters is 1. The molecule has 0 bridgehead atoms. The van der Waals surface area contributed by atoms with Gasteiger partial charge in [-0.05, 0) is 30.7 Å². The molecule has 0 fully saturated rings. The van der Waals surface area contributed by atoms with E-state index in [-0.39, 0.29) is 27.3 Å². The van der Waals surface area contributed by atoms with Crippen molar-refractivity contribution >= 4 is 45.0 Å². The summed E-state index contributed by atoms with van der Waals surface area (Å²) in [6, 6.07) is 4.10. The summed E-state index contributed by atoms with van der Waals surface area (Å²) in [4.78, 5) is 53.3. The van der Waals surface area contributed by atoms with Crippen molar-refractivity contribution in [2.24, 2.45) is 0 Å². The van der Waals surface area contributed by atoms with Crippen molar-refractivity contribution in [3.8, 4) is 0 Å². The van der Waals surface area contributed by atoms with Gasteiger partial charge in [0.2, 0.25) is 5.91 Å². The van der Waals surface area contributed by atoms with Crippen LogP contribution in [0.4, 0.5) is 18.9 Å². The van der Waals surface area contributed by atoms with Gasteiger partial charge in [-0.2, -0.15) is 13.2 Å². The fraction of sp³-hybridized carbons (Fsp3) is 0.250. The maximum atomic E-state index is 12.9. The average Bonchev–Trinajstić information content (AvgIpc) is 3.10. The lowest BCUT2D eigenvalue weighted by atomic mass is 10.2. The number of amides is 2. The Balaban J connectivity index is 1.81.